The molecule has 8 heteroatoms. The maximum atomic E-state index is 13.2. The van der Waals surface area contributed by atoms with Crippen molar-refractivity contribution < 1.29 is 14.4 Å². The Kier molecular flexibility index (Phi) is 4.58. The van der Waals surface area contributed by atoms with Gasteiger partial charge in [-0.1, -0.05) is 0 Å². The molecule has 122 valence electrons. The van der Waals surface area contributed by atoms with Crippen LogP contribution < -0.4 is 10.8 Å². The number of aromatic nitrogens is 2. The highest BCUT2D eigenvalue weighted by molar-refractivity contribution is 14.1. The van der Waals surface area contributed by atoms with Crippen LogP contribution in [0.3, 0.4) is 0 Å². The van der Waals surface area contributed by atoms with Crippen LogP contribution in [0.1, 0.15) is 15.9 Å². The minimum Gasteiger partial charge on any atom is -0.355 e. The number of hydrogen-bond donors (Lipinski definition) is 3. The van der Waals surface area contributed by atoms with Crippen LogP contribution in [0.2, 0.25) is 0 Å². The molecule has 3 rings (SSSR count). The minimum atomic E-state index is -0.757. The van der Waals surface area contributed by atoms with Gasteiger partial charge < -0.3 is 5.32 Å². The molecule has 0 unspecified atom stereocenters. The first-order valence-electron chi connectivity index (χ1n) is 6.92. The number of halogens is 2. The molecule has 3 N–H and O–H groups in total. The molecule has 2 aromatic carbocycles. The van der Waals surface area contributed by atoms with Gasteiger partial charge in [-0.2, -0.15) is 4.39 Å². The van der Waals surface area contributed by atoms with Crippen molar-refractivity contribution >= 4 is 50.9 Å². The molecule has 0 atom stereocenters. The smallest absolute Gasteiger partial charge is 0.279 e. The number of nitrogens with zero attached hydrogens (tertiary/aromatic N) is 2. The Morgan fingerprint density at radius 3 is 2.71 bits per heavy atom. The topological polar surface area (TPSA) is 87.1 Å². The van der Waals surface area contributed by atoms with Crippen molar-refractivity contribution in [3.8, 4) is 0 Å². The van der Waals surface area contributed by atoms with E-state index < -0.39 is 11.9 Å². The third-order valence-electron chi connectivity index (χ3n) is 3.47. The van der Waals surface area contributed by atoms with E-state index in [9.17, 15) is 9.18 Å². The molecule has 0 saturated carbocycles. The van der Waals surface area contributed by atoms with Crippen LogP contribution in [0.25, 0.3) is 11.0 Å². The predicted molar refractivity (Wildman–Crippen MR) is 95.9 cm³/mol. The van der Waals surface area contributed by atoms with Crippen LogP contribution >= 0.6 is 22.6 Å². The van der Waals surface area contributed by atoms with Crippen molar-refractivity contribution in [3.63, 3.8) is 0 Å². The van der Waals surface area contributed by atoms with Gasteiger partial charge in [-0.3, -0.25) is 10.0 Å². The summed E-state index contributed by atoms with van der Waals surface area (Å²) in [6, 6.07) is 8.96. The molecule has 0 bridgehead atoms. The number of amides is 1. The Bertz CT molecular complexity index is 949. The fourth-order valence-electron chi connectivity index (χ4n) is 2.37. The summed E-state index contributed by atoms with van der Waals surface area (Å²) in [6.07, 6.45) is 0.927. The van der Waals surface area contributed by atoms with Crippen LogP contribution in [0, 0.1) is 16.4 Å². The zero-order valence-electron chi connectivity index (χ0n) is 12.5. The van der Waals surface area contributed by atoms with Gasteiger partial charge in [-0.15, -0.1) is 0 Å². The van der Waals surface area contributed by atoms with Crippen LogP contribution in [0.15, 0.2) is 36.5 Å². The Balaban J connectivity index is 2.16. The summed E-state index contributed by atoms with van der Waals surface area (Å²) in [6.45, 7) is 1.94. The monoisotopic (exact) mass is 438 g/mol. The number of rotatable bonds is 3. The fraction of sp³-hybridized carbons (Fsp3) is 0.0625. The van der Waals surface area contributed by atoms with Gasteiger partial charge in [0.25, 0.3) is 5.91 Å². The highest BCUT2D eigenvalue weighted by atomic mass is 127. The maximum absolute atomic E-state index is 13.2. The number of anilines is 2. The molecule has 0 spiro atoms. The van der Waals surface area contributed by atoms with Crippen molar-refractivity contribution in [2.75, 3.05) is 5.32 Å². The SMILES string of the molecule is Cc1cc(I)ccc1Nc1ccc2nc(F)cnc2c1C(=O)NO. The first kappa shape index (κ1) is 16.5. The van der Waals surface area contributed by atoms with Gasteiger partial charge in [0, 0.05) is 9.26 Å². The fourth-order valence-corrected chi connectivity index (χ4v) is 3.01. The van der Waals surface area contributed by atoms with Gasteiger partial charge in [0.2, 0.25) is 5.95 Å². The summed E-state index contributed by atoms with van der Waals surface area (Å²) >= 11 is 2.21. The van der Waals surface area contributed by atoms with Gasteiger partial charge in [-0.05, 0) is 65.4 Å². The average molecular weight is 438 g/mol. The number of fused-ring (bicyclic) bond motifs is 1. The summed E-state index contributed by atoms with van der Waals surface area (Å²) < 4.78 is 14.3. The first-order chi connectivity index (χ1) is 11.5. The molecule has 3 aromatic rings. The Labute approximate surface area is 150 Å². The van der Waals surface area contributed by atoms with Gasteiger partial charge >= 0.3 is 0 Å². The van der Waals surface area contributed by atoms with E-state index in [2.05, 4.69) is 37.9 Å². The van der Waals surface area contributed by atoms with E-state index in [1.54, 1.807) is 17.6 Å². The standard InChI is InChI=1S/C16H12FIN4O2/c1-8-6-9(18)2-3-10(8)20-11-4-5-12-15(14(11)16(23)22-24)19-7-13(17)21-12/h2-7,20,24H,1H3,(H,22,23). The van der Waals surface area contributed by atoms with Crippen molar-refractivity contribution in [1.29, 1.82) is 0 Å². The number of carbonyl (C=O) groups is 1. The molecule has 1 amide bonds. The molecule has 24 heavy (non-hydrogen) atoms. The van der Waals surface area contributed by atoms with Crippen molar-refractivity contribution in [3.05, 3.63) is 57.2 Å². The second-order valence-corrected chi connectivity index (χ2v) is 6.32. The lowest BCUT2D eigenvalue weighted by Crippen LogP contribution is -2.21. The average Bonchev–Trinajstić information content (AvgIpc) is 2.56. The summed E-state index contributed by atoms with van der Waals surface area (Å²) in [4.78, 5) is 19.7. The first-order valence-corrected chi connectivity index (χ1v) is 8.00. The predicted octanol–water partition coefficient (Wildman–Crippen LogP) is 3.54. The molecule has 0 aliphatic heterocycles. The summed E-state index contributed by atoms with van der Waals surface area (Å²) in [5.41, 5.74) is 4.31. The number of aryl methyl sites for hydroxylation is 1. The molecule has 0 saturated heterocycles. The number of benzene rings is 2. The second-order valence-electron chi connectivity index (χ2n) is 5.07. The van der Waals surface area contributed by atoms with E-state index in [-0.39, 0.29) is 16.6 Å². The molecule has 0 aliphatic rings. The van der Waals surface area contributed by atoms with E-state index in [1.807, 2.05) is 25.1 Å². The molecule has 6 nitrogen and oxygen atoms in total. The quantitative estimate of drug-likeness (QED) is 0.331. The minimum absolute atomic E-state index is 0.0838. The highest BCUT2D eigenvalue weighted by Crippen LogP contribution is 2.28. The Hall–Kier alpha value is -2.33. The second kappa shape index (κ2) is 6.65. The van der Waals surface area contributed by atoms with E-state index in [0.29, 0.717) is 5.69 Å². The Morgan fingerprint density at radius 1 is 1.25 bits per heavy atom. The lowest BCUT2D eigenvalue weighted by molar-refractivity contribution is 0.0709. The van der Waals surface area contributed by atoms with Gasteiger partial charge in [0.15, 0.2) is 0 Å². The third-order valence-corrected chi connectivity index (χ3v) is 4.14. The van der Waals surface area contributed by atoms with Crippen LogP contribution in [0.5, 0.6) is 0 Å². The highest BCUT2D eigenvalue weighted by Gasteiger charge is 2.18. The van der Waals surface area contributed by atoms with E-state index in [1.165, 1.54) is 0 Å². The van der Waals surface area contributed by atoms with Crippen molar-refractivity contribution in [1.82, 2.24) is 15.4 Å². The number of nitrogens with one attached hydrogen (secondary N) is 2. The number of hydrogen-bond acceptors (Lipinski definition) is 5. The molecule has 0 aliphatic carbocycles. The van der Waals surface area contributed by atoms with Crippen LogP contribution in [-0.2, 0) is 0 Å². The van der Waals surface area contributed by atoms with Crippen LogP contribution in [-0.4, -0.2) is 21.1 Å². The summed E-state index contributed by atoms with van der Waals surface area (Å²) in [7, 11) is 0. The van der Waals surface area contributed by atoms with Gasteiger partial charge in [0.05, 0.1) is 23.0 Å². The molecular formula is C16H12FIN4O2. The zero-order chi connectivity index (χ0) is 17.3. The molecule has 0 fully saturated rings. The lowest BCUT2D eigenvalue weighted by atomic mass is 10.1. The van der Waals surface area contributed by atoms with Gasteiger partial charge in [-0.25, -0.2) is 15.4 Å². The maximum Gasteiger partial charge on any atom is 0.279 e. The molecular weight excluding hydrogens is 426 g/mol. The number of carbonyl (C=O) groups excluding carboxylic acids is 1. The molecule has 0 radical (unpaired) electrons. The molecule has 1 aromatic heterocycles. The van der Waals surface area contributed by atoms with E-state index in [0.717, 1.165) is 21.0 Å². The third kappa shape index (κ3) is 3.15. The van der Waals surface area contributed by atoms with Crippen molar-refractivity contribution in [2.45, 2.75) is 6.92 Å². The van der Waals surface area contributed by atoms with Crippen molar-refractivity contribution in [2.24, 2.45) is 0 Å². The summed E-state index contributed by atoms with van der Waals surface area (Å²) in [5, 5.41) is 12.2. The van der Waals surface area contributed by atoms with E-state index >= 15 is 0 Å². The van der Waals surface area contributed by atoms with Crippen LogP contribution in [0.4, 0.5) is 15.8 Å². The largest absolute Gasteiger partial charge is 0.355 e. The van der Waals surface area contributed by atoms with E-state index in [4.69, 9.17) is 5.21 Å². The number of hydroxylamine groups is 1. The lowest BCUT2D eigenvalue weighted by Gasteiger charge is -2.14. The molecule has 1 heterocycles. The van der Waals surface area contributed by atoms with Gasteiger partial charge in [0.1, 0.15) is 5.52 Å². The summed E-state index contributed by atoms with van der Waals surface area (Å²) in [5.74, 6) is -1.50. The zero-order valence-corrected chi connectivity index (χ0v) is 14.6. The normalized spacial score (nSPS) is 10.7. The Morgan fingerprint density at radius 2 is 2.00 bits per heavy atom.